The molecule has 4 rings (SSSR count). The molecule has 2 aromatic heterocycles. The van der Waals surface area contributed by atoms with E-state index in [1.807, 2.05) is 12.1 Å². The summed E-state index contributed by atoms with van der Waals surface area (Å²) in [6, 6.07) is 9.81. The molecule has 0 spiro atoms. The van der Waals surface area contributed by atoms with E-state index in [4.69, 9.17) is 4.74 Å². The van der Waals surface area contributed by atoms with E-state index in [2.05, 4.69) is 34.0 Å². The first-order chi connectivity index (χ1) is 12.7. The molecule has 0 N–H and O–H groups in total. The molecule has 8 heteroatoms. The predicted molar refractivity (Wildman–Crippen MR) is 96.6 cm³/mol. The summed E-state index contributed by atoms with van der Waals surface area (Å²) in [5.74, 6) is 1.49. The Bertz CT molecular complexity index is 969. The lowest BCUT2D eigenvalue weighted by Gasteiger charge is -2.29. The molecule has 0 aliphatic carbocycles. The highest BCUT2D eigenvalue weighted by Crippen LogP contribution is 2.27. The highest BCUT2D eigenvalue weighted by atomic mass is 16.6. The fourth-order valence-electron chi connectivity index (χ4n) is 3.18. The number of nitrogens with zero attached hydrogens (tertiary/aromatic N) is 5. The molecule has 3 aromatic rings. The van der Waals surface area contributed by atoms with Gasteiger partial charge < -0.3 is 19.8 Å². The molecule has 1 aliphatic heterocycles. The zero-order valence-corrected chi connectivity index (χ0v) is 14.5. The number of hydrogen-bond donors (Lipinski definition) is 0. The van der Waals surface area contributed by atoms with Crippen LogP contribution >= 0.6 is 0 Å². The first-order valence-electron chi connectivity index (χ1n) is 8.64. The van der Waals surface area contributed by atoms with Gasteiger partial charge in [0.15, 0.2) is 5.82 Å². The van der Waals surface area contributed by atoms with E-state index in [0.29, 0.717) is 18.0 Å². The maximum absolute atomic E-state index is 11.1. The van der Waals surface area contributed by atoms with Gasteiger partial charge >= 0.3 is 5.82 Å². The van der Waals surface area contributed by atoms with Crippen molar-refractivity contribution in [3.8, 4) is 5.75 Å². The highest BCUT2D eigenvalue weighted by Gasteiger charge is 2.22. The van der Waals surface area contributed by atoms with Crippen molar-refractivity contribution in [1.29, 1.82) is 0 Å². The smallest absolute Gasteiger partial charge is 0.368 e. The van der Waals surface area contributed by atoms with Gasteiger partial charge in [0.2, 0.25) is 5.65 Å². The van der Waals surface area contributed by atoms with E-state index in [0.717, 1.165) is 31.7 Å². The van der Waals surface area contributed by atoms with Crippen molar-refractivity contribution in [3.63, 3.8) is 0 Å². The number of ether oxygens (including phenoxy) is 1. The molecular formula is C18H19N5O3. The Morgan fingerprint density at radius 3 is 2.96 bits per heavy atom. The third kappa shape index (κ3) is 2.94. The van der Waals surface area contributed by atoms with Gasteiger partial charge in [0.25, 0.3) is 0 Å². The number of anilines is 1. The molecule has 0 radical (unpaired) electrons. The number of hydrogen-bond acceptors (Lipinski definition) is 6. The maximum Gasteiger partial charge on any atom is 0.368 e. The zero-order valence-electron chi connectivity index (χ0n) is 14.5. The van der Waals surface area contributed by atoms with Gasteiger partial charge in [-0.1, -0.05) is 22.6 Å². The van der Waals surface area contributed by atoms with Gasteiger partial charge in [-0.05, 0) is 47.1 Å². The van der Waals surface area contributed by atoms with Crippen molar-refractivity contribution < 1.29 is 9.66 Å². The molecule has 134 valence electrons. The molecule has 0 saturated carbocycles. The zero-order chi connectivity index (χ0) is 18.1. The third-order valence-corrected chi connectivity index (χ3v) is 4.50. The van der Waals surface area contributed by atoms with Gasteiger partial charge in [-0.25, -0.2) is 4.98 Å². The topological polar surface area (TPSA) is 85.8 Å². The molecule has 0 atom stereocenters. The fraction of sp³-hybridized carbons (Fsp3) is 0.333. The maximum atomic E-state index is 11.1. The van der Waals surface area contributed by atoms with Crippen LogP contribution in [0, 0.1) is 10.1 Å². The Labute approximate surface area is 150 Å². The Kier molecular flexibility index (Phi) is 4.16. The molecular weight excluding hydrogens is 334 g/mol. The first kappa shape index (κ1) is 16.3. The number of rotatable bonds is 5. The minimum atomic E-state index is -0.472. The Morgan fingerprint density at radius 2 is 2.15 bits per heavy atom. The normalized spacial score (nSPS) is 13.7. The molecule has 0 unspecified atom stereocenters. The van der Waals surface area contributed by atoms with Crippen molar-refractivity contribution >= 4 is 17.3 Å². The number of benzene rings is 1. The monoisotopic (exact) mass is 353 g/mol. The summed E-state index contributed by atoms with van der Waals surface area (Å²) in [5.41, 5.74) is 2.97. The van der Waals surface area contributed by atoms with Gasteiger partial charge in [0.1, 0.15) is 11.9 Å². The largest absolute Gasteiger partial charge is 0.494 e. The van der Waals surface area contributed by atoms with E-state index in [9.17, 15) is 10.1 Å². The van der Waals surface area contributed by atoms with Crippen molar-refractivity contribution in [2.75, 3.05) is 18.1 Å². The average Bonchev–Trinajstić information content (AvgIpc) is 3.09. The SMILES string of the molecule is CCCOc1ccc2c(c1)CCN(c1ccc3ncc([N+](=O)[O-])n3n1)C2. The molecule has 0 amide bonds. The standard InChI is InChI=1S/C18H19N5O3/c1-2-9-26-15-4-3-14-12-21(8-7-13(14)10-15)17-6-5-16-19-11-18(23(24)25)22(16)20-17/h3-6,10-11H,2,7-9,12H2,1H3. The number of aromatic nitrogens is 3. The van der Waals surface area contributed by atoms with Crippen molar-refractivity contribution in [1.82, 2.24) is 14.6 Å². The van der Waals surface area contributed by atoms with Crippen LogP contribution in [0.4, 0.5) is 11.6 Å². The van der Waals surface area contributed by atoms with Crippen molar-refractivity contribution in [2.45, 2.75) is 26.3 Å². The molecule has 1 aromatic carbocycles. The minimum absolute atomic E-state index is 0.128. The average molecular weight is 353 g/mol. The second kappa shape index (κ2) is 6.62. The molecule has 8 nitrogen and oxygen atoms in total. The quantitative estimate of drug-likeness (QED) is 0.518. The van der Waals surface area contributed by atoms with E-state index in [-0.39, 0.29) is 5.82 Å². The van der Waals surface area contributed by atoms with Gasteiger partial charge in [-0.2, -0.15) is 0 Å². The van der Waals surface area contributed by atoms with Gasteiger partial charge in [-0.3, -0.25) is 0 Å². The van der Waals surface area contributed by atoms with E-state index in [1.165, 1.54) is 21.8 Å². The summed E-state index contributed by atoms with van der Waals surface area (Å²) in [5, 5.41) is 15.5. The lowest BCUT2D eigenvalue weighted by atomic mass is 9.99. The summed E-state index contributed by atoms with van der Waals surface area (Å²) in [6.07, 6.45) is 3.10. The van der Waals surface area contributed by atoms with Crippen LogP contribution in [0.1, 0.15) is 24.5 Å². The molecule has 1 aliphatic rings. The minimum Gasteiger partial charge on any atom is -0.494 e. The van der Waals surface area contributed by atoms with Crippen LogP contribution in [0.25, 0.3) is 5.65 Å². The Balaban J connectivity index is 1.59. The lowest BCUT2D eigenvalue weighted by molar-refractivity contribution is -0.391. The molecule has 0 saturated heterocycles. The van der Waals surface area contributed by atoms with Crippen molar-refractivity contribution in [3.05, 3.63) is 57.8 Å². The van der Waals surface area contributed by atoms with Gasteiger partial charge in [0, 0.05) is 19.2 Å². The van der Waals surface area contributed by atoms with Crippen LogP contribution in [-0.2, 0) is 13.0 Å². The fourth-order valence-corrected chi connectivity index (χ4v) is 3.18. The summed E-state index contributed by atoms with van der Waals surface area (Å²) in [6.45, 7) is 4.32. The second-order valence-electron chi connectivity index (χ2n) is 6.29. The molecule has 3 heterocycles. The summed E-state index contributed by atoms with van der Waals surface area (Å²) in [4.78, 5) is 16.8. The van der Waals surface area contributed by atoms with Crippen LogP contribution in [0.3, 0.4) is 0 Å². The van der Waals surface area contributed by atoms with Gasteiger partial charge in [-0.15, -0.1) is 0 Å². The Hall–Kier alpha value is -3.16. The van der Waals surface area contributed by atoms with Gasteiger partial charge in [0.05, 0.1) is 6.61 Å². The number of imidazole rings is 1. The number of fused-ring (bicyclic) bond motifs is 2. The Morgan fingerprint density at radius 1 is 1.27 bits per heavy atom. The predicted octanol–water partition coefficient (Wildman–Crippen LogP) is 2.99. The summed E-state index contributed by atoms with van der Waals surface area (Å²) >= 11 is 0. The van der Waals surface area contributed by atoms with Crippen LogP contribution in [0.2, 0.25) is 0 Å². The van der Waals surface area contributed by atoms with E-state index >= 15 is 0 Å². The lowest BCUT2D eigenvalue weighted by Crippen LogP contribution is -2.31. The first-order valence-corrected chi connectivity index (χ1v) is 8.64. The van der Waals surface area contributed by atoms with Crippen LogP contribution in [0.5, 0.6) is 5.75 Å². The van der Waals surface area contributed by atoms with Crippen LogP contribution < -0.4 is 9.64 Å². The molecule has 0 fully saturated rings. The molecule has 26 heavy (non-hydrogen) atoms. The third-order valence-electron chi connectivity index (χ3n) is 4.50. The van der Waals surface area contributed by atoms with Crippen molar-refractivity contribution in [2.24, 2.45) is 0 Å². The summed E-state index contributed by atoms with van der Waals surface area (Å²) < 4.78 is 6.99. The second-order valence-corrected chi connectivity index (χ2v) is 6.29. The van der Waals surface area contributed by atoms with Crippen LogP contribution in [-0.4, -0.2) is 32.7 Å². The van der Waals surface area contributed by atoms with Crippen LogP contribution in [0.15, 0.2) is 36.5 Å². The summed E-state index contributed by atoms with van der Waals surface area (Å²) in [7, 11) is 0. The molecule has 0 bridgehead atoms. The van der Waals surface area contributed by atoms with E-state index < -0.39 is 4.92 Å². The van der Waals surface area contributed by atoms with E-state index in [1.54, 1.807) is 6.07 Å². The highest BCUT2D eigenvalue weighted by molar-refractivity contribution is 5.51. The number of nitro groups is 1.